The van der Waals surface area contributed by atoms with Crippen molar-refractivity contribution in [3.05, 3.63) is 52.2 Å². The summed E-state index contributed by atoms with van der Waals surface area (Å²) in [5.41, 5.74) is 0.946. The number of para-hydroxylation sites is 1. The summed E-state index contributed by atoms with van der Waals surface area (Å²) in [4.78, 5) is 12.5. The molecule has 0 bridgehead atoms. The lowest BCUT2D eigenvalue weighted by atomic mass is 10.1. The van der Waals surface area contributed by atoms with Crippen LogP contribution in [0, 0.1) is 0 Å². The quantitative estimate of drug-likeness (QED) is 0.720. The SMILES string of the molecule is COc1ccccc1CCN(CCNC(=O)c1cccs1)S(C)(=O)=O. The van der Waals surface area contributed by atoms with Crippen molar-refractivity contribution in [1.82, 2.24) is 9.62 Å². The molecule has 1 amide bonds. The number of methoxy groups -OCH3 is 1. The number of sulfonamides is 1. The third kappa shape index (κ3) is 5.84. The van der Waals surface area contributed by atoms with Gasteiger partial charge in [-0.3, -0.25) is 4.79 Å². The highest BCUT2D eigenvalue weighted by atomic mass is 32.2. The van der Waals surface area contributed by atoms with Crippen molar-refractivity contribution in [2.24, 2.45) is 0 Å². The smallest absolute Gasteiger partial charge is 0.261 e. The first-order chi connectivity index (χ1) is 11.9. The maximum atomic E-state index is 12.0. The van der Waals surface area contributed by atoms with Gasteiger partial charge >= 0.3 is 0 Å². The van der Waals surface area contributed by atoms with E-state index in [0.717, 1.165) is 11.3 Å². The first kappa shape index (κ1) is 19.4. The molecule has 0 aliphatic rings. The van der Waals surface area contributed by atoms with Crippen LogP contribution in [-0.2, 0) is 16.4 Å². The first-order valence-corrected chi connectivity index (χ1v) is 10.5. The van der Waals surface area contributed by atoms with Gasteiger partial charge in [0.15, 0.2) is 0 Å². The van der Waals surface area contributed by atoms with Crippen LogP contribution in [0.3, 0.4) is 0 Å². The van der Waals surface area contributed by atoms with E-state index in [4.69, 9.17) is 4.74 Å². The maximum absolute atomic E-state index is 12.0. The molecule has 0 aliphatic carbocycles. The maximum Gasteiger partial charge on any atom is 0.261 e. The van der Waals surface area contributed by atoms with Gasteiger partial charge in [0.25, 0.3) is 5.91 Å². The second kappa shape index (κ2) is 8.98. The number of hydrogen-bond acceptors (Lipinski definition) is 5. The normalized spacial score (nSPS) is 11.5. The van der Waals surface area contributed by atoms with Gasteiger partial charge in [-0.2, -0.15) is 0 Å². The van der Waals surface area contributed by atoms with Gasteiger partial charge in [0, 0.05) is 19.6 Å². The van der Waals surface area contributed by atoms with Crippen molar-refractivity contribution >= 4 is 27.3 Å². The summed E-state index contributed by atoms with van der Waals surface area (Å²) >= 11 is 1.35. The fourth-order valence-corrected chi connectivity index (χ4v) is 3.87. The topological polar surface area (TPSA) is 75.7 Å². The number of ether oxygens (including phenoxy) is 1. The number of hydrogen-bond donors (Lipinski definition) is 1. The molecule has 2 aromatic rings. The predicted octanol–water partition coefficient (Wildman–Crippen LogP) is 1.99. The molecule has 1 aromatic heterocycles. The molecular formula is C17H22N2O4S2. The van der Waals surface area contributed by atoms with Crippen LogP contribution in [0.5, 0.6) is 5.75 Å². The zero-order valence-electron chi connectivity index (χ0n) is 14.3. The molecular weight excluding hydrogens is 360 g/mol. The minimum atomic E-state index is -3.36. The van der Waals surface area contributed by atoms with Crippen LogP contribution in [0.2, 0.25) is 0 Å². The van der Waals surface area contributed by atoms with Gasteiger partial charge in [-0.05, 0) is 29.5 Å². The molecule has 1 heterocycles. The number of nitrogens with one attached hydrogen (secondary N) is 1. The third-order valence-electron chi connectivity index (χ3n) is 3.68. The van der Waals surface area contributed by atoms with E-state index in [9.17, 15) is 13.2 Å². The van der Waals surface area contributed by atoms with Crippen LogP contribution in [0.1, 0.15) is 15.2 Å². The van der Waals surface area contributed by atoms with E-state index in [0.29, 0.717) is 17.8 Å². The molecule has 1 N–H and O–H groups in total. The van der Waals surface area contributed by atoms with Gasteiger partial charge in [-0.1, -0.05) is 24.3 Å². The molecule has 8 heteroatoms. The molecule has 0 saturated heterocycles. The fraction of sp³-hybridized carbons (Fsp3) is 0.353. The second-order valence-corrected chi connectivity index (χ2v) is 8.39. The van der Waals surface area contributed by atoms with E-state index in [-0.39, 0.29) is 19.0 Å². The Morgan fingerprint density at radius 1 is 1.20 bits per heavy atom. The number of thiophene rings is 1. The van der Waals surface area contributed by atoms with Crippen molar-refractivity contribution in [3.8, 4) is 5.75 Å². The van der Waals surface area contributed by atoms with Crippen LogP contribution in [0.25, 0.3) is 0 Å². The van der Waals surface area contributed by atoms with Gasteiger partial charge in [0.05, 0.1) is 18.2 Å². The summed E-state index contributed by atoms with van der Waals surface area (Å²) in [5.74, 6) is 0.551. The highest BCUT2D eigenvalue weighted by Gasteiger charge is 2.17. The summed E-state index contributed by atoms with van der Waals surface area (Å²) in [5, 5.41) is 4.57. The van der Waals surface area contributed by atoms with Crippen LogP contribution in [0.4, 0.5) is 0 Å². The molecule has 0 spiro atoms. The Hall–Kier alpha value is -1.90. The first-order valence-electron chi connectivity index (χ1n) is 7.80. The molecule has 0 aliphatic heterocycles. The standard InChI is InChI=1S/C17H22N2O4S2/c1-23-15-7-4-3-6-14(15)9-11-19(25(2,21)22)12-10-18-17(20)16-8-5-13-24-16/h3-8,13H,9-12H2,1-2H3,(H,18,20). The number of rotatable bonds is 9. The van der Waals surface area contributed by atoms with Crippen LogP contribution < -0.4 is 10.1 Å². The average Bonchev–Trinajstić information content (AvgIpc) is 3.11. The number of nitrogens with zero attached hydrogens (tertiary/aromatic N) is 1. The lowest BCUT2D eigenvalue weighted by molar-refractivity contribution is 0.0955. The van der Waals surface area contributed by atoms with Crippen molar-refractivity contribution < 1.29 is 17.9 Å². The number of benzene rings is 1. The number of carbonyl (C=O) groups is 1. The second-order valence-electron chi connectivity index (χ2n) is 5.46. The Morgan fingerprint density at radius 2 is 1.96 bits per heavy atom. The van der Waals surface area contributed by atoms with E-state index in [1.54, 1.807) is 19.2 Å². The molecule has 1 aromatic carbocycles. The molecule has 0 saturated carbocycles. The van der Waals surface area contributed by atoms with Gasteiger partial charge in [-0.15, -0.1) is 11.3 Å². The van der Waals surface area contributed by atoms with Crippen molar-refractivity contribution in [1.29, 1.82) is 0 Å². The van der Waals surface area contributed by atoms with Gasteiger partial charge in [0.1, 0.15) is 5.75 Å². The Labute approximate surface area is 152 Å². The summed E-state index contributed by atoms with van der Waals surface area (Å²) in [6.07, 6.45) is 1.71. The lowest BCUT2D eigenvalue weighted by Crippen LogP contribution is -2.39. The minimum Gasteiger partial charge on any atom is -0.496 e. The van der Waals surface area contributed by atoms with Crippen molar-refractivity contribution in [2.45, 2.75) is 6.42 Å². The average molecular weight is 383 g/mol. The third-order valence-corrected chi connectivity index (χ3v) is 5.86. The van der Waals surface area contributed by atoms with Crippen LogP contribution in [0.15, 0.2) is 41.8 Å². The molecule has 0 fully saturated rings. The van der Waals surface area contributed by atoms with Gasteiger partial charge in [-0.25, -0.2) is 12.7 Å². The minimum absolute atomic E-state index is 0.187. The molecule has 136 valence electrons. The number of carbonyl (C=O) groups excluding carboxylic acids is 1. The summed E-state index contributed by atoms with van der Waals surface area (Å²) in [7, 11) is -1.77. The van der Waals surface area contributed by atoms with E-state index in [1.807, 2.05) is 29.6 Å². The van der Waals surface area contributed by atoms with Crippen molar-refractivity contribution in [2.75, 3.05) is 33.0 Å². The Morgan fingerprint density at radius 3 is 2.60 bits per heavy atom. The molecule has 0 atom stereocenters. The Balaban J connectivity index is 1.92. The van der Waals surface area contributed by atoms with E-state index in [2.05, 4.69) is 5.32 Å². The zero-order valence-corrected chi connectivity index (χ0v) is 15.9. The Kier molecular flexibility index (Phi) is 6.98. The Bertz CT molecular complexity index is 789. The molecule has 2 rings (SSSR count). The van der Waals surface area contributed by atoms with Crippen molar-refractivity contribution in [3.63, 3.8) is 0 Å². The largest absolute Gasteiger partial charge is 0.496 e. The summed E-state index contributed by atoms with van der Waals surface area (Å²) in [6, 6.07) is 11.1. The number of amides is 1. The van der Waals surface area contributed by atoms with Crippen LogP contribution in [-0.4, -0.2) is 51.6 Å². The summed E-state index contributed by atoms with van der Waals surface area (Å²) in [6.45, 7) is 0.814. The lowest BCUT2D eigenvalue weighted by Gasteiger charge is -2.20. The molecule has 25 heavy (non-hydrogen) atoms. The molecule has 0 unspecified atom stereocenters. The molecule has 0 radical (unpaired) electrons. The van der Waals surface area contributed by atoms with Gasteiger partial charge < -0.3 is 10.1 Å². The highest BCUT2D eigenvalue weighted by Crippen LogP contribution is 2.18. The van der Waals surface area contributed by atoms with Gasteiger partial charge in [0.2, 0.25) is 10.0 Å². The molecule has 6 nitrogen and oxygen atoms in total. The van der Waals surface area contributed by atoms with Crippen LogP contribution >= 0.6 is 11.3 Å². The highest BCUT2D eigenvalue weighted by molar-refractivity contribution is 7.88. The predicted molar refractivity (Wildman–Crippen MR) is 99.8 cm³/mol. The monoisotopic (exact) mass is 382 g/mol. The van der Waals surface area contributed by atoms with E-state index < -0.39 is 10.0 Å². The fourth-order valence-electron chi connectivity index (χ4n) is 2.39. The van der Waals surface area contributed by atoms with E-state index in [1.165, 1.54) is 21.9 Å². The zero-order chi connectivity index (χ0) is 18.3. The summed E-state index contributed by atoms with van der Waals surface area (Å²) < 4.78 is 30.7. The van der Waals surface area contributed by atoms with E-state index >= 15 is 0 Å².